The molecule has 0 saturated heterocycles. The maximum absolute atomic E-state index is 9.93. The molecule has 2 aromatic carbocycles. The van der Waals surface area contributed by atoms with Gasteiger partial charge in [-0.3, -0.25) is 0 Å². The van der Waals surface area contributed by atoms with E-state index in [0.29, 0.717) is 12.4 Å². The molecule has 3 nitrogen and oxygen atoms in total. The Hall–Kier alpha value is -2.29. The van der Waals surface area contributed by atoms with Gasteiger partial charge in [-0.2, -0.15) is 0 Å². The van der Waals surface area contributed by atoms with Gasteiger partial charge < -0.3 is 9.94 Å². The highest BCUT2D eigenvalue weighted by Gasteiger charge is 2.18. The van der Waals surface area contributed by atoms with Gasteiger partial charge in [0.05, 0.1) is 5.71 Å². The predicted octanol–water partition coefficient (Wildman–Crippen LogP) is 4.27. The van der Waals surface area contributed by atoms with Crippen LogP contribution in [0, 0.1) is 13.8 Å². The lowest BCUT2D eigenvalue weighted by atomic mass is 9.88. The van der Waals surface area contributed by atoms with Crippen molar-refractivity contribution < 1.29 is 9.94 Å². The van der Waals surface area contributed by atoms with Crippen LogP contribution in [0.3, 0.4) is 0 Å². The smallest absolute Gasteiger partial charge is 0.142 e. The first-order chi connectivity index (χ1) is 10.6. The lowest BCUT2D eigenvalue weighted by molar-refractivity contribution is 0.130. The zero-order chi connectivity index (χ0) is 15.5. The zero-order valence-electron chi connectivity index (χ0n) is 13.1. The molecular weight excluding hydrogens is 274 g/mol. The van der Waals surface area contributed by atoms with E-state index in [-0.39, 0.29) is 0 Å². The standard InChI is InChI=1S/C19H21NO2/c1-13-6-8-15(9-7-13)12-22-20-18-5-3-4-16-10-14(2)19(21)11-17(16)18/h6-11,21H,3-5,12H2,1-2H3/b20-18+. The van der Waals surface area contributed by atoms with Crippen LogP contribution in [-0.2, 0) is 17.9 Å². The summed E-state index contributed by atoms with van der Waals surface area (Å²) in [6.45, 7) is 4.46. The summed E-state index contributed by atoms with van der Waals surface area (Å²) in [5.41, 5.74) is 6.47. The van der Waals surface area contributed by atoms with Gasteiger partial charge in [-0.15, -0.1) is 0 Å². The van der Waals surface area contributed by atoms with E-state index in [1.807, 2.05) is 13.0 Å². The Balaban J connectivity index is 1.76. The Morgan fingerprint density at radius 1 is 1.09 bits per heavy atom. The van der Waals surface area contributed by atoms with Gasteiger partial charge in [-0.25, -0.2) is 0 Å². The second-order valence-electron chi connectivity index (χ2n) is 5.95. The van der Waals surface area contributed by atoms with Crippen molar-refractivity contribution in [2.45, 2.75) is 39.7 Å². The molecule has 22 heavy (non-hydrogen) atoms. The number of hydrogen-bond donors (Lipinski definition) is 1. The largest absolute Gasteiger partial charge is 0.508 e. The normalized spacial score (nSPS) is 15.6. The first-order valence-corrected chi connectivity index (χ1v) is 7.71. The SMILES string of the molecule is Cc1ccc(CO/N=C2\CCCc3cc(C)c(O)cc32)cc1. The van der Waals surface area contributed by atoms with E-state index < -0.39 is 0 Å². The third-order valence-electron chi connectivity index (χ3n) is 4.12. The molecule has 0 aliphatic heterocycles. The van der Waals surface area contributed by atoms with Crippen molar-refractivity contribution in [3.63, 3.8) is 0 Å². The fraction of sp³-hybridized carbons (Fsp3) is 0.316. The first kappa shape index (κ1) is 14.6. The Morgan fingerprint density at radius 2 is 1.86 bits per heavy atom. The minimum atomic E-state index is 0.326. The highest BCUT2D eigenvalue weighted by molar-refractivity contribution is 6.02. The van der Waals surface area contributed by atoms with Crippen molar-refractivity contribution in [3.8, 4) is 5.75 Å². The van der Waals surface area contributed by atoms with Gasteiger partial charge in [0.25, 0.3) is 0 Å². The number of benzene rings is 2. The van der Waals surface area contributed by atoms with E-state index in [9.17, 15) is 5.11 Å². The molecule has 1 N–H and O–H groups in total. The second kappa shape index (κ2) is 6.22. The van der Waals surface area contributed by atoms with Crippen LogP contribution in [-0.4, -0.2) is 10.8 Å². The van der Waals surface area contributed by atoms with Gasteiger partial charge >= 0.3 is 0 Å². The fourth-order valence-electron chi connectivity index (χ4n) is 2.78. The minimum Gasteiger partial charge on any atom is -0.508 e. The molecule has 0 atom stereocenters. The number of hydrogen-bond acceptors (Lipinski definition) is 3. The van der Waals surface area contributed by atoms with Crippen molar-refractivity contribution >= 4 is 5.71 Å². The van der Waals surface area contributed by atoms with Crippen molar-refractivity contribution in [2.75, 3.05) is 0 Å². The molecule has 0 saturated carbocycles. The molecule has 0 bridgehead atoms. The molecule has 0 fully saturated rings. The van der Waals surface area contributed by atoms with Crippen LogP contribution in [0.25, 0.3) is 0 Å². The highest BCUT2D eigenvalue weighted by Crippen LogP contribution is 2.28. The van der Waals surface area contributed by atoms with Gasteiger partial charge in [0, 0.05) is 5.56 Å². The lowest BCUT2D eigenvalue weighted by Crippen LogP contribution is -2.12. The van der Waals surface area contributed by atoms with Gasteiger partial charge in [0.15, 0.2) is 0 Å². The Kier molecular flexibility index (Phi) is 4.14. The molecule has 114 valence electrons. The number of rotatable bonds is 3. The van der Waals surface area contributed by atoms with E-state index in [2.05, 4.69) is 42.4 Å². The van der Waals surface area contributed by atoms with Crippen molar-refractivity contribution in [3.05, 3.63) is 64.2 Å². The average Bonchev–Trinajstić information content (AvgIpc) is 2.51. The van der Waals surface area contributed by atoms with Gasteiger partial charge in [-0.1, -0.05) is 41.1 Å². The molecule has 0 amide bonds. The number of nitrogens with zero attached hydrogens (tertiary/aromatic N) is 1. The molecule has 3 heteroatoms. The number of aromatic hydroxyl groups is 1. The summed E-state index contributed by atoms with van der Waals surface area (Å²) in [6.07, 6.45) is 3.00. The van der Waals surface area contributed by atoms with E-state index in [0.717, 1.165) is 41.7 Å². The summed E-state index contributed by atoms with van der Waals surface area (Å²) in [5.74, 6) is 0.326. The van der Waals surface area contributed by atoms with Crippen molar-refractivity contribution in [1.82, 2.24) is 0 Å². The average molecular weight is 295 g/mol. The van der Waals surface area contributed by atoms with E-state index in [1.165, 1.54) is 11.1 Å². The summed E-state index contributed by atoms with van der Waals surface area (Å²) < 4.78 is 0. The van der Waals surface area contributed by atoms with Crippen LogP contribution in [0.2, 0.25) is 0 Å². The van der Waals surface area contributed by atoms with Crippen LogP contribution < -0.4 is 0 Å². The number of phenols is 1. The topological polar surface area (TPSA) is 41.8 Å². The molecule has 0 unspecified atom stereocenters. The maximum atomic E-state index is 9.93. The second-order valence-corrected chi connectivity index (χ2v) is 5.95. The Labute approximate surface area is 131 Å². The van der Waals surface area contributed by atoms with Gasteiger partial charge in [0.2, 0.25) is 0 Å². The Morgan fingerprint density at radius 3 is 2.64 bits per heavy atom. The van der Waals surface area contributed by atoms with E-state index >= 15 is 0 Å². The van der Waals surface area contributed by atoms with Gasteiger partial charge in [0.1, 0.15) is 12.4 Å². The molecule has 1 aliphatic rings. The van der Waals surface area contributed by atoms with Crippen LogP contribution in [0.5, 0.6) is 5.75 Å². The number of phenolic OH excluding ortho intramolecular Hbond substituents is 1. The van der Waals surface area contributed by atoms with Crippen molar-refractivity contribution in [2.24, 2.45) is 5.16 Å². The molecule has 2 aromatic rings. The van der Waals surface area contributed by atoms with Crippen LogP contribution in [0.15, 0.2) is 41.6 Å². The van der Waals surface area contributed by atoms with Crippen molar-refractivity contribution in [1.29, 1.82) is 0 Å². The molecule has 1 aliphatic carbocycles. The number of oxime groups is 1. The third kappa shape index (κ3) is 3.14. The summed E-state index contributed by atoms with van der Waals surface area (Å²) in [5, 5.41) is 14.2. The number of fused-ring (bicyclic) bond motifs is 1. The lowest BCUT2D eigenvalue weighted by Gasteiger charge is -2.18. The third-order valence-corrected chi connectivity index (χ3v) is 4.12. The summed E-state index contributed by atoms with van der Waals surface area (Å²) in [7, 11) is 0. The molecule has 0 radical (unpaired) electrons. The van der Waals surface area contributed by atoms with Crippen LogP contribution >= 0.6 is 0 Å². The molecule has 0 aromatic heterocycles. The predicted molar refractivity (Wildman–Crippen MR) is 88.3 cm³/mol. The summed E-state index contributed by atoms with van der Waals surface area (Å²) >= 11 is 0. The molecule has 3 rings (SSSR count). The Bertz CT molecular complexity index is 702. The minimum absolute atomic E-state index is 0.326. The molecule has 0 spiro atoms. The highest BCUT2D eigenvalue weighted by atomic mass is 16.6. The maximum Gasteiger partial charge on any atom is 0.142 e. The summed E-state index contributed by atoms with van der Waals surface area (Å²) in [4.78, 5) is 5.53. The quantitative estimate of drug-likeness (QED) is 0.859. The zero-order valence-corrected chi connectivity index (χ0v) is 13.1. The fourth-order valence-corrected chi connectivity index (χ4v) is 2.78. The van der Waals surface area contributed by atoms with E-state index in [1.54, 1.807) is 0 Å². The van der Waals surface area contributed by atoms with Crippen LogP contribution in [0.1, 0.15) is 40.7 Å². The molecule has 0 heterocycles. The number of aryl methyl sites for hydroxylation is 3. The molecular formula is C19H21NO2. The van der Waals surface area contributed by atoms with Crippen LogP contribution in [0.4, 0.5) is 0 Å². The first-order valence-electron chi connectivity index (χ1n) is 7.71. The van der Waals surface area contributed by atoms with Gasteiger partial charge in [-0.05, 0) is 55.9 Å². The van der Waals surface area contributed by atoms with E-state index in [4.69, 9.17) is 4.84 Å². The summed E-state index contributed by atoms with van der Waals surface area (Å²) in [6, 6.07) is 12.1. The monoisotopic (exact) mass is 295 g/mol.